The summed E-state index contributed by atoms with van der Waals surface area (Å²) in [6.07, 6.45) is 3.50. The van der Waals surface area contributed by atoms with Gasteiger partial charge in [-0.1, -0.05) is 13.0 Å². The molecule has 1 fully saturated rings. The molecule has 1 aliphatic carbocycles. The Morgan fingerprint density at radius 2 is 2.25 bits per heavy atom. The monoisotopic (exact) mass is 295 g/mol. The predicted octanol–water partition coefficient (Wildman–Crippen LogP) is 0.793. The third-order valence-electron chi connectivity index (χ3n) is 3.44. The van der Waals surface area contributed by atoms with Gasteiger partial charge in [0.1, 0.15) is 5.65 Å². The number of nitrogen functional groups attached to an aromatic ring is 1. The van der Waals surface area contributed by atoms with Gasteiger partial charge in [0.15, 0.2) is 5.82 Å². The van der Waals surface area contributed by atoms with E-state index in [1.165, 1.54) is 4.31 Å². The number of nitrogens with zero attached hydrogens (tertiary/aromatic N) is 3. The second-order valence-corrected chi connectivity index (χ2v) is 6.58. The normalized spacial score (nSPS) is 15.9. The van der Waals surface area contributed by atoms with E-state index in [1.54, 1.807) is 28.8 Å². The van der Waals surface area contributed by atoms with Crippen LogP contribution in [0.2, 0.25) is 0 Å². The summed E-state index contributed by atoms with van der Waals surface area (Å²) in [4.78, 5) is 4.21. The highest BCUT2D eigenvalue weighted by atomic mass is 32.2. The van der Waals surface area contributed by atoms with E-state index in [4.69, 9.17) is 5.84 Å². The van der Waals surface area contributed by atoms with E-state index in [9.17, 15) is 8.42 Å². The fraction of sp³-hybridized carbons (Fsp3) is 0.417. The summed E-state index contributed by atoms with van der Waals surface area (Å²) < 4.78 is 28.8. The van der Waals surface area contributed by atoms with E-state index in [2.05, 4.69) is 10.4 Å². The smallest absolute Gasteiger partial charge is 0.263 e. The maximum atomic E-state index is 12.9. The van der Waals surface area contributed by atoms with Crippen LogP contribution in [-0.4, -0.2) is 34.7 Å². The van der Waals surface area contributed by atoms with Gasteiger partial charge in [0.25, 0.3) is 10.0 Å². The van der Waals surface area contributed by atoms with E-state index >= 15 is 0 Å². The molecule has 3 N–H and O–H groups in total. The van der Waals surface area contributed by atoms with E-state index < -0.39 is 10.0 Å². The van der Waals surface area contributed by atoms with Crippen LogP contribution in [0.5, 0.6) is 0 Å². The first-order valence-electron chi connectivity index (χ1n) is 6.55. The lowest BCUT2D eigenvalue weighted by Crippen LogP contribution is -2.34. The number of nitrogens with one attached hydrogen (secondary N) is 1. The number of hydrogen-bond donors (Lipinski definition) is 2. The summed E-state index contributed by atoms with van der Waals surface area (Å²) in [6, 6.07) is 5.41. The average molecular weight is 295 g/mol. The molecule has 2 aromatic heterocycles. The minimum absolute atomic E-state index is 0.101. The van der Waals surface area contributed by atoms with Crippen LogP contribution in [0.3, 0.4) is 0 Å². The molecule has 0 aliphatic heterocycles. The highest BCUT2D eigenvalue weighted by Gasteiger charge is 2.39. The van der Waals surface area contributed by atoms with Crippen LogP contribution in [0, 0.1) is 0 Å². The minimum atomic E-state index is -3.62. The molecule has 2 heterocycles. The fourth-order valence-electron chi connectivity index (χ4n) is 2.41. The zero-order chi connectivity index (χ0) is 14.3. The Morgan fingerprint density at radius 1 is 1.50 bits per heavy atom. The molecule has 0 radical (unpaired) electrons. The molecule has 0 atom stereocenters. The van der Waals surface area contributed by atoms with Crippen molar-refractivity contribution in [2.45, 2.75) is 30.8 Å². The standard InChI is InChI=1S/C12H17N5O2S/c1-2-17(9-6-7-9)20(18,19)12-11(15-13)14-10-5-3-4-8-16(10)12/h3-5,8-9,15H,2,6-7,13H2,1H3. The van der Waals surface area contributed by atoms with Crippen LogP contribution in [-0.2, 0) is 10.0 Å². The summed E-state index contributed by atoms with van der Waals surface area (Å²) >= 11 is 0. The van der Waals surface area contributed by atoms with Crippen LogP contribution < -0.4 is 11.3 Å². The van der Waals surface area contributed by atoms with Crippen molar-refractivity contribution in [3.8, 4) is 0 Å². The van der Waals surface area contributed by atoms with Gasteiger partial charge in [0, 0.05) is 18.8 Å². The maximum Gasteiger partial charge on any atom is 0.263 e. The van der Waals surface area contributed by atoms with Crippen LogP contribution in [0.1, 0.15) is 19.8 Å². The van der Waals surface area contributed by atoms with Gasteiger partial charge >= 0.3 is 0 Å². The molecule has 2 aromatic rings. The van der Waals surface area contributed by atoms with Gasteiger partial charge in [0.2, 0.25) is 5.03 Å². The van der Waals surface area contributed by atoms with Crippen LogP contribution >= 0.6 is 0 Å². The van der Waals surface area contributed by atoms with Gasteiger partial charge < -0.3 is 5.43 Å². The SMILES string of the molecule is CCN(C1CC1)S(=O)(=O)c1c(NN)nc2ccccn12. The molecular formula is C12H17N5O2S. The Bertz CT molecular complexity index is 735. The fourth-order valence-corrected chi connectivity index (χ4v) is 4.33. The van der Waals surface area contributed by atoms with Crippen LogP contribution in [0.15, 0.2) is 29.4 Å². The molecule has 1 aliphatic rings. The highest BCUT2D eigenvalue weighted by molar-refractivity contribution is 7.89. The quantitative estimate of drug-likeness (QED) is 0.628. The molecule has 0 aromatic carbocycles. The third-order valence-corrected chi connectivity index (χ3v) is 5.49. The van der Waals surface area contributed by atoms with E-state index in [1.807, 2.05) is 6.92 Å². The van der Waals surface area contributed by atoms with E-state index in [-0.39, 0.29) is 16.9 Å². The molecule has 108 valence electrons. The molecule has 0 bridgehead atoms. The van der Waals surface area contributed by atoms with E-state index in [0.29, 0.717) is 12.2 Å². The Morgan fingerprint density at radius 3 is 2.85 bits per heavy atom. The van der Waals surface area contributed by atoms with Crippen LogP contribution in [0.4, 0.5) is 5.82 Å². The van der Waals surface area contributed by atoms with Crippen molar-refractivity contribution < 1.29 is 8.42 Å². The van der Waals surface area contributed by atoms with Crippen molar-refractivity contribution >= 4 is 21.5 Å². The van der Waals surface area contributed by atoms with Gasteiger partial charge in [-0.25, -0.2) is 19.2 Å². The molecule has 3 rings (SSSR count). The van der Waals surface area contributed by atoms with Crippen molar-refractivity contribution in [3.63, 3.8) is 0 Å². The lowest BCUT2D eigenvalue weighted by atomic mass is 10.5. The van der Waals surface area contributed by atoms with Gasteiger partial charge in [0.05, 0.1) is 0 Å². The van der Waals surface area contributed by atoms with Crippen molar-refractivity contribution in [1.82, 2.24) is 13.7 Å². The summed E-state index contributed by atoms with van der Waals surface area (Å²) in [5.74, 6) is 5.61. The zero-order valence-electron chi connectivity index (χ0n) is 11.2. The summed E-state index contributed by atoms with van der Waals surface area (Å²) in [5, 5.41) is 0.101. The number of fused-ring (bicyclic) bond motifs is 1. The largest absolute Gasteiger partial charge is 0.306 e. The number of pyridine rings is 1. The Balaban J connectivity index is 2.21. The molecule has 1 saturated carbocycles. The number of anilines is 1. The lowest BCUT2D eigenvalue weighted by molar-refractivity contribution is 0.418. The first-order valence-corrected chi connectivity index (χ1v) is 7.99. The van der Waals surface area contributed by atoms with Gasteiger partial charge in [-0.3, -0.25) is 4.40 Å². The molecule has 20 heavy (non-hydrogen) atoms. The van der Waals surface area contributed by atoms with Crippen molar-refractivity contribution in [2.24, 2.45) is 5.84 Å². The predicted molar refractivity (Wildman–Crippen MR) is 75.6 cm³/mol. The molecular weight excluding hydrogens is 278 g/mol. The molecule has 7 nitrogen and oxygen atoms in total. The topological polar surface area (TPSA) is 92.7 Å². The molecule has 0 amide bonds. The third kappa shape index (κ3) is 1.96. The van der Waals surface area contributed by atoms with Crippen LogP contribution in [0.25, 0.3) is 5.65 Å². The number of hydrazine groups is 1. The summed E-state index contributed by atoms with van der Waals surface area (Å²) in [6.45, 7) is 2.28. The van der Waals surface area contributed by atoms with Crippen molar-refractivity contribution in [3.05, 3.63) is 24.4 Å². The van der Waals surface area contributed by atoms with Gasteiger partial charge in [-0.15, -0.1) is 0 Å². The maximum absolute atomic E-state index is 12.9. The summed E-state index contributed by atoms with van der Waals surface area (Å²) in [5.41, 5.74) is 2.94. The number of aromatic nitrogens is 2. The number of rotatable bonds is 5. The number of nitrogens with two attached hydrogens (primary N) is 1. The van der Waals surface area contributed by atoms with Gasteiger partial charge in [-0.2, -0.15) is 4.31 Å². The minimum Gasteiger partial charge on any atom is -0.306 e. The Kier molecular flexibility index (Phi) is 3.15. The second-order valence-electron chi connectivity index (χ2n) is 4.78. The number of imidazole rings is 1. The molecule has 0 saturated heterocycles. The Hall–Kier alpha value is -1.64. The number of hydrogen-bond acceptors (Lipinski definition) is 5. The van der Waals surface area contributed by atoms with Crippen molar-refractivity contribution in [2.75, 3.05) is 12.0 Å². The second kappa shape index (κ2) is 4.72. The molecule has 0 unspecified atom stereocenters. The first kappa shape index (κ1) is 13.3. The highest BCUT2D eigenvalue weighted by Crippen LogP contribution is 2.34. The number of sulfonamides is 1. The first-order chi connectivity index (χ1) is 9.59. The zero-order valence-corrected chi connectivity index (χ0v) is 12.0. The van der Waals surface area contributed by atoms with E-state index in [0.717, 1.165) is 12.8 Å². The van der Waals surface area contributed by atoms with Crippen molar-refractivity contribution in [1.29, 1.82) is 0 Å². The molecule has 0 spiro atoms. The summed E-state index contributed by atoms with van der Waals surface area (Å²) in [7, 11) is -3.62. The lowest BCUT2D eigenvalue weighted by Gasteiger charge is -2.20. The molecule has 8 heteroatoms. The Labute approximate surface area is 117 Å². The average Bonchev–Trinajstić information content (AvgIpc) is 3.17. The van der Waals surface area contributed by atoms with Gasteiger partial charge in [-0.05, 0) is 25.0 Å².